The molecule has 168 valence electrons. The number of hydrogen-bond donors (Lipinski definition) is 4. The van der Waals surface area contributed by atoms with Crippen molar-refractivity contribution in [2.75, 3.05) is 12.4 Å². The molecule has 0 aliphatic carbocycles. The Hall–Kier alpha value is -4.04. The molecule has 4 heterocycles. The smallest absolute Gasteiger partial charge is 0.228 e. The topological polar surface area (TPSA) is 118 Å². The Morgan fingerprint density at radius 1 is 1.15 bits per heavy atom. The Morgan fingerprint density at radius 2 is 2.00 bits per heavy atom. The lowest BCUT2D eigenvalue weighted by atomic mass is 10.0. The van der Waals surface area contributed by atoms with Gasteiger partial charge in [-0.25, -0.2) is 10.4 Å². The van der Waals surface area contributed by atoms with Crippen molar-refractivity contribution in [1.82, 2.24) is 20.4 Å². The van der Waals surface area contributed by atoms with Gasteiger partial charge in [-0.2, -0.15) is 5.43 Å². The molecular formula is C25H29N8+. The third-order valence-electron chi connectivity index (χ3n) is 5.33. The summed E-state index contributed by atoms with van der Waals surface area (Å²) in [6, 6.07) is 7.86. The second kappa shape index (κ2) is 9.62. The largest absolute Gasteiger partial charge is 0.398 e. The molecule has 4 rings (SSSR count). The van der Waals surface area contributed by atoms with E-state index in [4.69, 9.17) is 10.7 Å². The van der Waals surface area contributed by atoms with Gasteiger partial charge < -0.3 is 5.73 Å². The van der Waals surface area contributed by atoms with Crippen molar-refractivity contribution in [1.29, 1.82) is 0 Å². The van der Waals surface area contributed by atoms with Crippen molar-refractivity contribution in [2.24, 2.45) is 16.6 Å². The minimum absolute atomic E-state index is 0.429. The molecule has 0 aromatic carbocycles. The monoisotopic (exact) mass is 441 g/mol. The number of hydrogen-bond acceptors (Lipinski definition) is 7. The van der Waals surface area contributed by atoms with Crippen LogP contribution >= 0.6 is 0 Å². The van der Waals surface area contributed by atoms with E-state index in [0.717, 1.165) is 44.9 Å². The normalized spacial score (nSPS) is 14.7. The standard InChI is InChI=1S/C25H28N8/c1-15(2)17-9-24(33-30-13-17)32-23-6-5-21-22(31-23)8-18(12-29-21)20(14-27-4)25(26)19-7-16(3)10-28-11-19/h5-15,30,33H,26H2,1-4H3,(H,31,32)/p+1. The fourth-order valence-corrected chi connectivity index (χ4v) is 3.55. The van der Waals surface area contributed by atoms with Crippen molar-refractivity contribution < 1.29 is 5.43 Å². The number of aliphatic imine (C=N–C) groups is 1. The summed E-state index contributed by atoms with van der Waals surface area (Å²) >= 11 is 0. The van der Waals surface area contributed by atoms with Crippen LogP contribution in [-0.2, 0) is 0 Å². The van der Waals surface area contributed by atoms with Crippen LogP contribution in [0.4, 0.5) is 5.82 Å². The van der Waals surface area contributed by atoms with E-state index >= 15 is 0 Å². The molecule has 3 aromatic heterocycles. The number of anilines is 1. The number of nitrogens with zero attached hydrogens (tertiary/aromatic N) is 4. The van der Waals surface area contributed by atoms with E-state index in [-0.39, 0.29) is 0 Å². The van der Waals surface area contributed by atoms with Crippen LogP contribution in [0.5, 0.6) is 0 Å². The third kappa shape index (κ3) is 5.07. The van der Waals surface area contributed by atoms with Crippen LogP contribution in [-0.4, -0.2) is 28.2 Å². The molecule has 0 amide bonds. The number of pyridine rings is 3. The first kappa shape index (κ1) is 22.2. The first-order chi connectivity index (χ1) is 15.9. The maximum atomic E-state index is 6.53. The summed E-state index contributed by atoms with van der Waals surface area (Å²) < 4.78 is 0. The molecule has 8 nitrogen and oxygen atoms in total. The van der Waals surface area contributed by atoms with E-state index in [1.807, 2.05) is 42.8 Å². The predicted molar refractivity (Wildman–Crippen MR) is 134 cm³/mol. The van der Waals surface area contributed by atoms with Crippen molar-refractivity contribution in [2.45, 2.75) is 20.8 Å². The zero-order chi connectivity index (χ0) is 23.4. The second-order valence-electron chi connectivity index (χ2n) is 8.26. The zero-order valence-electron chi connectivity index (χ0n) is 19.3. The number of aromatic nitrogens is 3. The first-order valence-electron chi connectivity index (χ1n) is 10.8. The molecule has 0 unspecified atom stereocenters. The van der Waals surface area contributed by atoms with Gasteiger partial charge in [0.25, 0.3) is 0 Å². The highest BCUT2D eigenvalue weighted by Crippen LogP contribution is 2.24. The number of nitrogens with two attached hydrogens (primary N) is 2. The molecule has 1 aliphatic heterocycles. The summed E-state index contributed by atoms with van der Waals surface area (Å²) in [5.74, 6) is 2.12. The molecule has 3 aromatic rings. The summed E-state index contributed by atoms with van der Waals surface area (Å²) in [5.41, 5.74) is 18.5. The van der Waals surface area contributed by atoms with Gasteiger partial charge in [0.2, 0.25) is 5.82 Å². The highest BCUT2D eigenvalue weighted by atomic mass is 15.4. The molecule has 0 saturated heterocycles. The number of aryl methyl sites for hydroxylation is 1. The molecule has 0 fully saturated rings. The van der Waals surface area contributed by atoms with Gasteiger partial charge in [-0.05, 0) is 48.2 Å². The van der Waals surface area contributed by atoms with Crippen molar-refractivity contribution in [3.05, 3.63) is 83.2 Å². The van der Waals surface area contributed by atoms with Gasteiger partial charge >= 0.3 is 0 Å². The molecule has 0 spiro atoms. The quantitative estimate of drug-likeness (QED) is 0.345. The van der Waals surface area contributed by atoms with Crippen LogP contribution in [0.1, 0.15) is 30.5 Å². The number of nitrogens with one attached hydrogen (secondary N) is 2. The summed E-state index contributed by atoms with van der Waals surface area (Å²) in [4.78, 5) is 17.9. The Kier molecular flexibility index (Phi) is 6.46. The lowest BCUT2D eigenvalue weighted by Crippen LogP contribution is -2.92. The van der Waals surface area contributed by atoms with Gasteiger partial charge in [0.05, 0.1) is 17.2 Å². The third-order valence-corrected chi connectivity index (χ3v) is 5.33. The molecule has 8 heteroatoms. The van der Waals surface area contributed by atoms with Crippen molar-refractivity contribution in [3.63, 3.8) is 0 Å². The van der Waals surface area contributed by atoms with Crippen LogP contribution in [0.25, 0.3) is 22.3 Å². The molecule has 0 atom stereocenters. The maximum absolute atomic E-state index is 6.53. The average Bonchev–Trinajstić information content (AvgIpc) is 2.82. The van der Waals surface area contributed by atoms with Crippen LogP contribution in [0, 0.1) is 12.8 Å². The molecule has 0 radical (unpaired) electrons. The Bertz CT molecular complexity index is 1300. The van der Waals surface area contributed by atoms with E-state index < -0.39 is 0 Å². The van der Waals surface area contributed by atoms with E-state index in [9.17, 15) is 0 Å². The van der Waals surface area contributed by atoms with Gasteiger partial charge in [-0.3, -0.25) is 20.3 Å². The second-order valence-corrected chi connectivity index (χ2v) is 8.26. The summed E-state index contributed by atoms with van der Waals surface area (Å²) in [5, 5.41) is 3.38. The Balaban J connectivity index is 1.71. The minimum atomic E-state index is 0.429. The number of quaternary nitrogens is 1. The zero-order valence-corrected chi connectivity index (χ0v) is 19.3. The fraction of sp³-hybridized carbons (Fsp3) is 0.200. The average molecular weight is 442 g/mol. The summed E-state index contributed by atoms with van der Waals surface area (Å²) in [6.07, 6.45) is 11.2. The molecule has 33 heavy (non-hydrogen) atoms. The molecule has 0 saturated carbocycles. The summed E-state index contributed by atoms with van der Waals surface area (Å²) in [6.45, 7) is 6.32. The van der Waals surface area contributed by atoms with Gasteiger partial charge in [0.1, 0.15) is 5.82 Å². The SMILES string of the molecule is CN=CC(=C(N)c1cncc(C)c1)c1cnc2ccc(NC3=CC(C(C)C)=CN[NH2+]3)nc2c1. The molecule has 6 N–H and O–H groups in total. The summed E-state index contributed by atoms with van der Waals surface area (Å²) in [7, 11) is 1.72. The highest BCUT2D eigenvalue weighted by molar-refractivity contribution is 6.19. The lowest BCUT2D eigenvalue weighted by Gasteiger charge is -2.16. The van der Waals surface area contributed by atoms with Gasteiger partial charge in [0.15, 0.2) is 0 Å². The first-order valence-corrected chi connectivity index (χ1v) is 10.8. The van der Waals surface area contributed by atoms with Gasteiger partial charge in [0, 0.05) is 60.3 Å². The van der Waals surface area contributed by atoms with Crippen molar-refractivity contribution >= 4 is 34.3 Å². The minimum Gasteiger partial charge on any atom is -0.398 e. The maximum Gasteiger partial charge on any atom is 0.228 e. The van der Waals surface area contributed by atoms with Crippen LogP contribution in [0.3, 0.4) is 0 Å². The van der Waals surface area contributed by atoms with E-state index in [1.54, 1.807) is 31.9 Å². The van der Waals surface area contributed by atoms with Crippen LogP contribution in [0.2, 0.25) is 0 Å². The molecule has 1 aliphatic rings. The van der Waals surface area contributed by atoms with E-state index in [2.05, 4.69) is 45.6 Å². The molecule has 0 bridgehead atoms. The van der Waals surface area contributed by atoms with E-state index in [0.29, 0.717) is 11.6 Å². The fourth-order valence-electron chi connectivity index (χ4n) is 3.55. The number of allylic oxidation sites excluding steroid dienone is 3. The van der Waals surface area contributed by atoms with Gasteiger partial charge in [-0.1, -0.05) is 13.8 Å². The van der Waals surface area contributed by atoms with E-state index in [1.165, 1.54) is 5.57 Å². The van der Waals surface area contributed by atoms with Crippen LogP contribution in [0.15, 0.2) is 71.5 Å². The number of fused-ring (bicyclic) bond motifs is 1. The van der Waals surface area contributed by atoms with Crippen LogP contribution < -0.4 is 21.9 Å². The predicted octanol–water partition coefficient (Wildman–Crippen LogP) is 2.74. The highest BCUT2D eigenvalue weighted by Gasteiger charge is 2.14. The number of rotatable bonds is 6. The molecular weight excluding hydrogens is 412 g/mol. The van der Waals surface area contributed by atoms with Gasteiger partial charge in [-0.15, -0.1) is 0 Å². The van der Waals surface area contributed by atoms with Crippen molar-refractivity contribution in [3.8, 4) is 0 Å². The Morgan fingerprint density at radius 3 is 2.76 bits per heavy atom. The lowest BCUT2D eigenvalue weighted by molar-refractivity contribution is -0.656. The Labute approximate surface area is 193 Å².